The molecule has 3 rings (SSSR count). The number of likely N-dealkylation sites (tertiary alicyclic amines) is 1. The summed E-state index contributed by atoms with van der Waals surface area (Å²) in [6.45, 7) is 13.3. The van der Waals surface area contributed by atoms with Gasteiger partial charge in [0.1, 0.15) is 0 Å². The van der Waals surface area contributed by atoms with E-state index in [-0.39, 0.29) is 0 Å². The Balaban J connectivity index is 1.87. The van der Waals surface area contributed by atoms with Crippen LogP contribution >= 0.6 is 0 Å². The number of rotatable bonds is 2. The van der Waals surface area contributed by atoms with Gasteiger partial charge in [-0.15, -0.1) is 0 Å². The number of hydrogen-bond acceptors (Lipinski definition) is 3. The summed E-state index contributed by atoms with van der Waals surface area (Å²) in [5.41, 5.74) is 6.65. The van der Waals surface area contributed by atoms with Crippen molar-refractivity contribution >= 4 is 0 Å². The third-order valence-corrected chi connectivity index (χ3v) is 6.42. The van der Waals surface area contributed by atoms with Crippen LogP contribution < -0.4 is 5.73 Å². The van der Waals surface area contributed by atoms with Crippen LogP contribution in [0, 0.1) is 17.8 Å². The van der Waals surface area contributed by atoms with Crippen molar-refractivity contribution in [3.05, 3.63) is 0 Å². The van der Waals surface area contributed by atoms with Crippen LogP contribution in [-0.2, 0) is 0 Å². The summed E-state index contributed by atoms with van der Waals surface area (Å²) < 4.78 is 0. The second-order valence-corrected chi connectivity index (χ2v) is 7.56. The van der Waals surface area contributed by atoms with E-state index in [2.05, 4.69) is 30.6 Å². The molecule has 3 heteroatoms. The van der Waals surface area contributed by atoms with Gasteiger partial charge in [0.25, 0.3) is 0 Å². The maximum Gasteiger partial charge on any atom is 0.0387 e. The van der Waals surface area contributed by atoms with Crippen molar-refractivity contribution in [1.29, 1.82) is 0 Å². The highest BCUT2D eigenvalue weighted by molar-refractivity contribution is 5.07. The first-order valence-electron chi connectivity index (χ1n) is 8.26. The van der Waals surface area contributed by atoms with Crippen molar-refractivity contribution in [1.82, 2.24) is 9.80 Å². The lowest BCUT2D eigenvalue weighted by Gasteiger charge is -2.56. The van der Waals surface area contributed by atoms with Gasteiger partial charge in [-0.2, -0.15) is 0 Å². The van der Waals surface area contributed by atoms with E-state index >= 15 is 0 Å². The summed E-state index contributed by atoms with van der Waals surface area (Å²) in [4.78, 5) is 5.47. The molecule has 0 amide bonds. The lowest BCUT2D eigenvalue weighted by atomic mass is 9.73. The molecule has 6 atom stereocenters. The van der Waals surface area contributed by atoms with Crippen molar-refractivity contribution in [2.75, 3.05) is 32.7 Å². The molecule has 3 aliphatic heterocycles. The molecule has 110 valence electrons. The first-order valence-corrected chi connectivity index (χ1v) is 8.26. The number of nitrogens with zero attached hydrogens (tertiary/aromatic N) is 2. The molecule has 0 aromatic heterocycles. The third kappa shape index (κ3) is 2.14. The van der Waals surface area contributed by atoms with Crippen molar-refractivity contribution in [3.8, 4) is 0 Å². The molecule has 0 spiro atoms. The predicted molar refractivity (Wildman–Crippen MR) is 80.1 cm³/mol. The van der Waals surface area contributed by atoms with Crippen LogP contribution in [0.3, 0.4) is 0 Å². The lowest BCUT2D eigenvalue weighted by Crippen LogP contribution is -2.67. The Bertz CT molecular complexity index is 332. The first kappa shape index (κ1) is 13.8. The van der Waals surface area contributed by atoms with E-state index in [1.54, 1.807) is 0 Å². The van der Waals surface area contributed by atoms with Gasteiger partial charge in [0.15, 0.2) is 0 Å². The van der Waals surface area contributed by atoms with Crippen LogP contribution in [0.25, 0.3) is 0 Å². The topological polar surface area (TPSA) is 32.5 Å². The fourth-order valence-electron chi connectivity index (χ4n) is 5.10. The minimum atomic E-state index is 0.301. The summed E-state index contributed by atoms with van der Waals surface area (Å²) in [7, 11) is 0. The Morgan fingerprint density at radius 3 is 2.68 bits per heavy atom. The normalized spacial score (nSPS) is 51.5. The van der Waals surface area contributed by atoms with Gasteiger partial charge in [0, 0.05) is 31.2 Å². The minimum absolute atomic E-state index is 0.301. The molecule has 0 aromatic carbocycles. The Kier molecular flexibility index (Phi) is 3.65. The Hall–Kier alpha value is -0.120. The van der Waals surface area contributed by atoms with E-state index in [1.165, 1.54) is 45.4 Å². The Morgan fingerprint density at radius 1 is 1.16 bits per heavy atom. The van der Waals surface area contributed by atoms with Crippen LogP contribution in [0.5, 0.6) is 0 Å². The van der Waals surface area contributed by atoms with Crippen molar-refractivity contribution in [2.45, 2.75) is 51.6 Å². The van der Waals surface area contributed by atoms with Crippen LogP contribution in [-0.4, -0.2) is 54.1 Å². The summed E-state index contributed by atoms with van der Waals surface area (Å²) in [5.74, 6) is 2.45. The van der Waals surface area contributed by atoms with Gasteiger partial charge in [0.2, 0.25) is 0 Å². The van der Waals surface area contributed by atoms with E-state index in [0.29, 0.717) is 11.6 Å². The molecular formula is C16H31N3. The van der Waals surface area contributed by atoms with Gasteiger partial charge < -0.3 is 10.6 Å². The number of piperidine rings is 2. The van der Waals surface area contributed by atoms with Crippen LogP contribution in [0.15, 0.2) is 0 Å². The van der Waals surface area contributed by atoms with Gasteiger partial charge >= 0.3 is 0 Å². The van der Waals surface area contributed by atoms with Gasteiger partial charge in [0.05, 0.1) is 0 Å². The summed E-state index contributed by atoms with van der Waals surface area (Å²) in [6, 6.07) is 0.701. The molecule has 3 fully saturated rings. The highest BCUT2D eigenvalue weighted by Crippen LogP contribution is 2.43. The molecule has 0 aromatic rings. The summed E-state index contributed by atoms with van der Waals surface area (Å²) in [6.07, 6.45) is 4.04. The zero-order valence-electron chi connectivity index (χ0n) is 12.9. The molecule has 3 nitrogen and oxygen atoms in total. The third-order valence-electron chi connectivity index (χ3n) is 6.42. The van der Waals surface area contributed by atoms with Crippen LogP contribution in [0.1, 0.15) is 40.0 Å². The largest absolute Gasteiger partial charge is 0.329 e. The van der Waals surface area contributed by atoms with E-state index in [0.717, 1.165) is 24.3 Å². The summed E-state index contributed by atoms with van der Waals surface area (Å²) >= 11 is 0. The molecule has 6 unspecified atom stereocenters. The average Bonchev–Trinajstić information content (AvgIpc) is 2.79. The quantitative estimate of drug-likeness (QED) is 0.826. The Labute approximate surface area is 118 Å². The van der Waals surface area contributed by atoms with E-state index in [9.17, 15) is 0 Å². The molecule has 19 heavy (non-hydrogen) atoms. The van der Waals surface area contributed by atoms with E-state index < -0.39 is 0 Å². The number of hydrogen-bond donors (Lipinski definition) is 1. The van der Waals surface area contributed by atoms with Crippen molar-refractivity contribution in [3.63, 3.8) is 0 Å². The number of fused-ring (bicyclic) bond motifs is 2. The molecule has 3 aliphatic rings. The molecule has 0 saturated carbocycles. The molecule has 0 radical (unpaired) electrons. The second kappa shape index (κ2) is 5.01. The fraction of sp³-hybridized carbons (Fsp3) is 1.00. The Morgan fingerprint density at radius 2 is 1.95 bits per heavy atom. The smallest absolute Gasteiger partial charge is 0.0387 e. The zero-order chi connectivity index (χ0) is 13.6. The number of nitrogens with two attached hydrogens (primary N) is 1. The molecule has 0 aliphatic carbocycles. The average molecular weight is 265 g/mol. The minimum Gasteiger partial charge on any atom is -0.329 e. The molecule has 3 heterocycles. The SMILES string of the molecule is CC1CC(C)C(C)N(C2(CN)CCN3CCC2C3)C1. The lowest BCUT2D eigenvalue weighted by molar-refractivity contribution is -0.0630. The molecule has 3 saturated heterocycles. The van der Waals surface area contributed by atoms with Gasteiger partial charge in [-0.25, -0.2) is 0 Å². The molecule has 2 N–H and O–H groups in total. The standard InChI is InChI=1S/C16H31N3/c1-12-8-13(2)14(3)19(9-12)16(11-17)5-7-18-6-4-15(16)10-18/h12-15H,4-11,17H2,1-3H3. The van der Waals surface area contributed by atoms with Crippen molar-refractivity contribution < 1.29 is 0 Å². The van der Waals surface area contributed by atoms with Crippen molar-refractivity contribution in [2.24, 2.45) is 23.5 Å². The van der Waals surface area contributed by atoms with Gasteiger partial charge in [-0.3, -0.25) is 4.90 Å². The summed E-state index contributed by atoms with van der Waals surface area (Å²) in [5, 5.41) is 0. The fourth-order valence-corrected chi connectivity index (χ4v) is 5.10. The van der Waals surface area contributed by atoms with Gasteiger partial charge in [-0.05, 0) is 57.0 Å². The maximum atomic E-state index is 6.35. The molecule has 2 bridgehead atoms. The van der Waals surface area contributed by atoms with E-state index in [1.807, 2.05) is 0 Å². The van der Waals surface area contributed by atoms with Crippen LogP contribution in [0.2, 0.25) is 0 Å². The van der Waals surface area contributed by atoms with E-state index in [4.69, 9.17) is 5.73 Å². The predicted octanol–water partition coefficient (Wildman–Crippen LogP) is 1.78. The van der Waals surface area contributed by atoms with Gasteiger partial charge in [-0.1, -0.05) is 13.8 Å². The highest BCUT2D eigenvalue weighted by Gasteiger charge is 2.51. The zero-order valence-corrected chi connectivity index (χ0v) is 12.9. The first-order chi connectivity index (χ1) is 9.06. The second-order valence-electron chi connectivity index (χ2n) is 7.56. The maximum absolute atomic E-state index is 6.35. The van der Waals surface area contributed by atoms with Crippen LogP contribution in [0.4, 0.5) is 0 Å². The molecular weight excluding hydrogens is 234 g/mol. The highest BCUT2D eigenvalue weighted by atomic mass is 15.3. The monoisotopic (exact) mass is 265 g/mol.